The monoisotopic (exact) mass is 398 g/mol. The number of imide groups is 1. The van der Waals surface area contributed by atoms with Crippen LogP contribution in [0.1, 0.15) is 44.6 Å². The van der Waals surface area contributed by atoms with Crippen molar-refractivity contribution >= 4 is 29.4 Å². The molecular weight excluding hydrogens is 372 g/mol. The van der Waals surface area contributed by atoms with Crippen LogP contribution in [0.15, 0.2) is 24.3 Å². The van der Waals surface area contributed by atoms with Crippen LogP contribution >= 0.6 is 0 Å². The van der Waals surface area contributed by atoms with Gasteiger partial charge < -0.3 is 9.64 Å². The summed E-state index contributed by atoms with van der Waals surface area (Å²) in [6, 6.07) is 6.69. The van der Waals surface area contributed by atoms with Gasteiger partial charge >= 0.3 is 5.97 Å². The standard InChI is InChI=1S/C22H26N2O5/c1-14(24-20(26)16-9-3-4-10-17(16)21(24)27)22(28)29-13-19(25)23-12-6-8-15-7-2-5-11-18(15)23/h2,5,7,11,14,16-17H,3-4,6,8-10,12-13H2,1H3/t14-,16?,17?/m0/s1. The first-order valence-corrected chi connectivity index (χ1v) is 10.4. The van der Waals surface area contributed by atoms with Gasteiger partial charge in [-0.1, -0.05) is 31.0 Å². The Balaban J connectivity index is 1.38. The second-order valence-electron chi connectivity index (χ2n) is 8.11. The Morgan fingerprint density at radius 2 is 1.72 bits per heavy atom. The molecule has 1 aromatic carbocycles. The number of aryl methyl sites for hydroxylation is 1. The Labute approximate surface area is 170 Å². The van der Waals surface area contributed by atoms with Crippen LogP contribution in [0.2, 0.25) is 0 Å². The molecule has 7 heteroatoms. The van der Waals surface area contributed by atoms with Crippen LogP contribution in [-0.4, -0.2) is 47.8 Å². The van der Waals surface area contributed by atoms with Crippen molar-refractivity contribution < 1.29 is 23.9 Å². The van der Waals surface area contributed by atoms with Gasteiger partial charge in [0.15, 0.2) is 6.61 Å². The summed E-state index contributed by atoms with van der Waals surface area (Å²) in [7, 11) is 0. The summed E-state index contributed by atoms with van der Waals surface area (Å²) in [5, 5.41) is 0. The van der Waals surface area contributed by atoms with Gasteiger partial charge in [0.1, 0.15) is 6.04 Å². The molecule has 0 aromatic heterocycles. The van der Waals surface area contributed by atoms with E-state index in [1.54, 1.807) is 4.90 Å². The van der Waals surface area contributed by atoms with Crippen molar-refractivity contribution in [3.05, 3.63) is 29.8 Å². The minimum absolute atomic E-state index is 0.277. The van der Waals surface area contributed by atoms with Crippen LogP contribution in [0.25, 0.3) is 0 Å². The zero-order valence-corrected chi connectivity index (χ0v) is 16.6. The molecule has 1 aromatic rings. The maximum absolute atomic E-state index is 12.6. The molecule has 154 valence electrons. The maximum Gasteiger partial charge on any atom is 0.329 e. The van der Waals surface area contributed by atoms with Gasteiger partial charge in [-0.3, -0.25) is 19.3 Å². The summed E-state index contributed by atoms with van der Waals surface area (Å²) in [6.07, 6.45) is 5.02. The van der Waals surface area contributed by atoms with E-state index in [4.69, 9.17) is 4.74 Å². The third kappa shape index (κ3) is 3.54. The summed E-state index contributed by atoms with van der Waals surface area (Å²) >= 11 is 0. The number of nitrogens with zero attached hydrogens (tertiary/aromatic N) is 2. The molecule has 1 saturated heterocycles. The maximum atomic E-state index is 12.6. The van der Waals surface area contributed by atoms with Crippen molar-refractivity contribution in [2.75, 3.05) is 18.1 Å². The summed E-state index contributed by atoms with van der Waals surface area (Å²) in [4.78, 5) is 53.1. The van der Waals surface area contributed by atoms with Crippen molar-refractivity contribution in [2.45, 2.75) is 51.5 Å². The van der Waals surface area contributed by atoms with Gasteiger partial charge in [0.25, 0.3) is 5.91 Å². The topological polar surface area (TPSA) is 84.0 Å². The van der Waals surface area contributed by atoms with Crippen LogP contribution in [-0.2, 0) is 30.3 Å². The zero-order valence-electron chi connectivity index (χ0n) is 16.6. The first kappa shape index (κ1) is 19.6. The molecule has 3 aliphatic rings. The van der Waals surface area contributed by atoms with Crippen molar-refractivity contribution in [1.29, 1.82) is 0 Å². The Kier molecular flexibility index (Phi) is 5.39. The highest BCUT2D eigenvalue weighted by atomic mass is 16.5. The zero-order chi connectivity index (χ0) is 20.5. The number of carbonyl (C=O) groups excluding carboxylic acids is 4. The Morgan fingerprint density at radius 1 is 1.07 bits per heavy atom. The number of fused-ring (bicyclic) bond motifs is 2. The third-order valence-corrected chi connectivity index (χ3v) is 6.35. The van der Waals surface area contributed by atoms with Gasteiger partial charge in [0, 0.05) is 12.2 Å². The number of benzene rings is 1. The van der Waals surface area contributed by atoms with E-state index in [-0.39, 0.29) is 29.6 Å². The van der Waals surface area contributed by atoms with E-state index in [0.717, 1.165) is 41.8 Å². The van der Waals surface area contributed by atoms with Crippen molar-refractivity contribution in [1.82, 2.24) is 4.90 Å². The SMILES string of the molecule is C[C@@H](C(=O)OCC(=O)N1CCCc2ccccc21)N1C(=O)C2CCCCC2C1=O. The lowest BCUT2D eigenvalue weighted by atomic mass is 9.81. The molecule has 1 saturated carbocycles. The molecule has 2 unspecified atom stereocenters. The first-order valence-electron chi connectivity index (χ1n) is 10.4. The summed E-state index contributed by atoms with van der Waals surface area (Å²) in [5.41, 5.74) is 1.95. The van der Waals surface area contributed by atoms with Crippen molar-refractivity contribution in [2.24, 2.45) is 11.8 Å². The number of ether oxygens (including phenoxy) is 1. The molecule has 0 radical (unpaired) electrons. The van der Waals surface area contributed by atoms with E-state index < -0.39 is 18.6 Å². The molecule has 3 amide bonds. The van der Waals surface area contributed by atoms with Crippen molar-refractivity contribution in [3.63, 3.8) is 0 Å². The van der Waals surface area contributed by atoms with Crippen LogP contribution in [0.3, 0.4) is 0 Å². The Bertz CT molecular complexity index is 827. The van der Waals surface area contributed by atoms with Crippen LogP contribution in [0, 0.1) is 11.8 Å². The molecule has 2 heterocycles. The average molecular weight is 398 g/mol. The lowest BCUT2D eigenvalue weighted by molar-refractivity contribution is -0.159. The summed E-state index contributed by atoms with van der Waals surface area (Å²) in [5.74, 6) is -2.19. The number of rotatable bonds is 4. The van der Waals surface area contributed by atoms with E-state index in [9.17, 15) is 19.2 Å². The lowest BCUT2D eigenvalue weighted by Crippen LogP contribution is -2.45. The van der Waals surface area contributed by atoms with Gasteiger partial charge in [-0.15, -0.1) is 0 Å². The Morgan fingerprint density at radius 3 is 2.41 bits per heavy atom. The van der Waals surface area contributed by atoms with E-state index in [2.05, 4.69) is 0 Å². The molecule has 2 aliphatic heterocycles. The molecule has 0 N–H and O–H groups in total. The molecule has 4 rings (SSSR count). The summed E-state index contributed by atoms with van der Waals surface area (Å²) in [6.45, 7) is 1.67. The first-order chi connectivity index (χ1) is 14.0. The summed E-state index contributed by atoms with van der Waals surface area (Å²) < 4.78 is 5.22. The fraction of sp³-hybridized carbons (Fsp3) is 0.545. The number of hydrogen-bond acceptors (Lipinski definition) is 5. The fourth-order valence-corrected chi connectivity index (χ4v) is 4.80. The molecule has 3 atom stereocenters. The van der Waals surface area contributed by atoms with Gasteiger partial charge in [-0.05, 0) is 44.2 Å². The molecular formula is C22H26N2O5. The molecule has 7 nitrogen and oxygen atoms in total. The predicted molar refractivity (Wildman–Crippen MR) is 105 cm³/mol. The molecule has 2 fully saturated rings. The molecule has 1 aliphatic carbocycles. The van der Waals surface area contributed by atoms with E-state index >= 15 is 0 Å². The second kappa shape index (κ2) is 7.97. The van der Waals surface area contributed by atoms with E-state index in [1.165, 1.54) is 6.92 Å². The van der Waals surface area contributed by atoms with Gasteiger partial charge in [0.05, 0.1) is 11.8 Å². The highest BCUT2D eigenvalue weighted by Gasteiger charge is 2.51. The van der Waals surface area contributed by atoms with Gasteiger partial charge in [-0.2, -0.15) is 0 Å². The number of carbonyl (C=O) groups is 4. The predicted octanol–water partition coefficient (Wildman–Crippen LogP) is 2.07. The highest BCUT2D eigenvalue weighted by Crippen LogP contribution is 2.39. The average Bonchev–Trinajstić information content (AvgIpc) is 3.01. The number of hydrogen-bond donors (Lipinski definition) is 0. The van der Waals surface area contributed by atoms with Crippen LogP contribution < -0.4 is 4.90 Å². The lowest BCUT2D eigenvalue weighted by Gasteiger charge is -2.29. The molecule has 29 heavy (non-hydrogen) atoms. The normalized spacial score (nSPS) is 24.7. The number of anilines is 1. The van der Waals surface area contributed by atoms with Crippen LogP contribution in [0.5, 0.6) is 0 Å². The number of likely N-dealkylation sites (tertiary alicyclic amines) is 1. The van der Waals surface area contributed by atoms with E-state index in [0.29, 0.717) is 19.4 Å². The quantitative estimate of drug-likeness (QED) is 0.573. The smallest absolute Gasteiger partial charge is 0.329 e. The van der Waals surface area contributed by atoms with Crippen molar-refractivity contribution in [3.8, 4) is 0 Å². The number of amides is 3. The largest absolute Gasteiger partial charge is 0.454 e. The van der Waals surface area contributed by atoms with E-state index in [1.807, 2.05) is 24.3 Å². The third-order valence-electron chi connectivity index (χ3n) is 6.35. The molecule has 0 spiro atoms. The number of para-hydroxylation sites is 1. The Hall–Kier alpha value is -2.70. The van der Waals surface area contributed by atoms with Gasteiger partial charge in [-0.25, -0.2) is 4.79 Å². The van der Waals surface area contributed by atoms with Crippen LogP contribution in [0.4, 0.5) is 5.69 Å². The van der Waals surface area contributed by atoms with Gasteiger partial charge in [0.2, 0.25) is 11.8 Å². The minimum Gasteiger partial charge on any atom is -0.454 e. The fourth-order valence-electron chi connectivity index (χ4n) is 4.80. The minimum atomic E-state index is -1.01. The highest BCUT2D eigenvalue weighted by molar-refractivity contribution is 6.08. The second-order valence-corrected chi connectivity index (χ2v) is 8.11. The molecule has 0 bridgehead atoms. The number of esters is 1.